The van der Waals surface area contributed by atoms with Gasteiger partial charge in [-0.25, -0.2) is 0 Å². The summed E-state index contributed by atoms with van der Waals surface area (Å²) in [6.07, 6.45) is 7.39. The third kappa shape index (κ3) is 3.44. The minimum atomic E-state index is 0.303. The van der Waals surface area contributed by atoms with Crippen molar-refractivity contribution in [2.45, 2.75) is 64.6 Å². The van der Waals surface area contributed by atoms with Crippen LogP contribution in [0.15, 0.2) is 0 Å². The molecule has 0 bridgehead atoms. The number of carbonyl (C=O) groups is 1. The lowest BCUT2D eigenvalue weighted by Gasteiger charge is -2.34. The standard InChI is InChI=1S/C14H25NO2/c1-11(2)17-13-7-9-15(10-8-13)14(16)12-5-3-4-6-12/h11-13H,3-10H2,1-2H3. The molecular formula is C14H25NO2. The summed E-state index contributed by atoms with van der Waals surface area (Å²) < 4.78 is 5.81. The number of rotatable bonds is 3. The molecule has 0 atom stereocenters. The molecule has 0 aromatic heterocycles. The highest BCUT2D eigenvalue weighted by atomic mass is 16.5. The largest absolute Gasteiger partial charge is 0.375 e. The van der Waals surface area contributed by atoms with Gasteiger partial charge in [0, 0.05) is 19.0 Å². The van der Waals surface area contributed by atoms with Crippen LogP contribution in [-0.2, 0) is 9.53 Å². The summed E-state index contributed by atoms with van der Waals surface area (Å²) in [5.74, 6) is 0.739. The topological polar surface area (TPSA) is 29.5 Å². The average Bonchev–Trinajstić information content (AvgIpc) is 2.82. The van der Waals surface area contributed by atoms with Crippen LogP contribution in [-0.4, -0.2) is 36.1 Å². The van der Waals surface area contributed by atoms with Gasteiger partial charge in [-0.1, -0.05) is 12.8 Å². The van der Waals surface area contributed by atoms with E-state index in [0.29, 0.717) is 24.0 Å². The number of piperidine rings is 1. The molecule has 0 radical (unpaired) electrons. The molecule has 0 spiro atoms. The van der Waals surface area contributed by atoms with E-state index in [1.165, 1.54) is 12.8 Å². The van der Waals surface area contributed by atoms with Gasteiger partial charge in [0.2, 0.25) is 5.91 Å². The zero-order valence-corrected chi connectivity index (χ0v) is 11.2. The quantitative estimate of drug-likeness (QED) is 0.757. The van der Waals surface area contributed by atoms with E-state index < -0.39 is 0 Å². The maximum atomic E-state index is 12.2. The van der Waals surface area contributed by atoms with Gasteiger partial charge in [0.15, 0.2) is 0 Å². The molecule has 2 fully saturated rings. The molecule has 1 heterocycles. The lowest BCUT2D eigenvalue weighted by Crippen LogP contribution is -2.43. The first-order valence-electron chi connectivity index (χ1n) is 7.11. The molecule has 2 aliphatic rings. The van der Waals surface area contributed by atoms with Crippen LogP contribution in [0.25, 0.3) is 0 Å². The highest BCUT2D eigenvalue weighted by Crippen LogP contribution is 2.28. The first-order valence-corrected chi connectivity index (χ1v) is 7.11. The fourth-order valence-corrected chi connectivity index (χ4v) is 3.03. The molecule has 17 heavy (non-hydrogen) atoms. The summed E-state index contributed by atoms with van der Waals surface area (Å²) in [6.45, 7) is 5.95. The average molecular weight is 239 g/mol. The number of amides is 1. The van der Waals surface area contributed by atoms with Gasteiger partial charge in [-0.05, 0) is 39.5 Å². The van der Waals surface area contributed by atoms with E-state index in [2.05, 4.69) is 18.7 Å². The van der Waals surface area contributed by atoms with E-state index in [-0.39, 0.29) is 0 Å². The van der Waals surface area contributed by atoms with Gasteiger partial charge in [-0.15, -0.1) is 0 Å². The maximum Gasteiger partial charge on any atom is 0.225 e. The zero-order valence-electron chi connectivity index (χ0n) is 11.2. The second-order valence-electron chi connectivity index (χ2n) is 5.69. The lowest BCUT2D eigenvalue weighted by molar-refractivity contribution is -0.138. The van der Waals surface area contributed by atoms with Crippen molar-refractivity contribution in [3.8, 4) is 0 Å². The van der Waals surface area contributed by atoms with Crippen LogP contribution < -0.4 is 0 Å². The van der Waals surface area contributed by atoms with Crippen molar-refractivity contribution in [3.63, 3.8) is 0 Å². The van der Waals surface area contributed by atoms with E-state index in [4.69, 9.17) is 4.74 Å². The Morgan fingerprint density at radius 3 is 2.24 bits per heavy atom. The summed E-state index contributed by atoms with van der Waals surface area (Å²) in [6, 6.07) is 0. The van der Waals surface area contributed by atoms with Crippen LogP contribution in [0.5, 0.6) is 0 Å². The zero-order chi connectivity index (χ0) is 12.3. The minimum Gasteiger partial charge on any atom is -0.375 e. The number of hydrogen-bond acceptors (Lipinski definition) is 2. The van der Waals surface area contributed by atoms with Crippen molar-refractivity contribution in [3.05, 3.63) is 0 Å². The molecule has 0 unspecified atom stereocenters. The predicted molar refractivity (Wildman–Crippen MR) is 67.8 cm³/mol. The summed E-state index contributed by atoms with van der Waals surface area (Å²) in [4.78, 5) is 14.3. The molecule has 1 aliphatic heterocycles. The SMILES string of the molecule is CC(C)OC1CCN(C(=O)C2CCCC2)CC1. The fraction of sp³-hybridized carbons (Fsp3) is 0.929. The van der Waals surface area contributed by atoms with Crippen LogP contribution in [0.2, 0.25) is 0 Å². The minimum absolute atomic E-state index is 0.303. The number of nitrogens with zero attached hydrogens (tertiary/aromatic N) is 1. The molecule has 1 saturated carbocycles. The summed E-state index contributed by atoms with van der Waals surface area (Å²) in [5.41, 5.74) is 0. The van der Waals surface area contributed by atoms with Crippen LogP contribution in [0, 0.1) is 5.92 Å². The van der Waals surface area contributed by atoms with Crippen molar-refractivity contribution >= 4 is 5.91 Å². The van der Waals surface area contributed by atoms with Gasteiger partial charge in [0.25, 0.3) is 0 Å². The molecule has 2 rings (SSSR count). The second kappa shape index (κ2) is 5.85. The molecule has 1 amide bonds. The Balaban J connectivity index is 1.76. The Bertz CT molecular complexity index is 251. The number of carbonyl (C=O) groups excluding carboxylic acids is 1. The molecule has 1 aliphatic carbocycles. The van der Waals surface area contributed by atoms with Gasteiger partial charge >= 0.3 is 0 Å². The van der Waals surface area contributed by atoms with Crippen molar-refractivity contribution in [2.24, 2.45) is 5.92 Å². The first kappa shape index (κ1) is 12.9. The summed E-state index contributed by atoms with van der Waals surface area (Å²) in [7, 11) is 0. The summed E-state index contributed by atoms with van der Waals surface area (Å²) in [5, 5.41) is 0. The van der Waals surface area contributed by atoms with Crippen molar-refractivity contribution in [1.82, 2.24) is 4.90 Å². The van der Waals surface area contributed by atoms with E-state index in [9.17, 15) is 4.79 Å². The highest BCUT2D eigenvalue weighted by Gasteiger charge is 2.30. The third-order valence-corrected chi connectivity index (χ3v) is 3.92. The second-order valence-corrected chi connectivity index (χ2v) is 5.69. The van der Waals surface area contributed by atoms with Gasteiger partial charge in [0.1, 0.15) is 0 Å². The Morgan fingerprint density at radius 1 is 1.12 bits per heavy atom. The molecular weight excluding hydrogens is 214 g/mol. The molecule has 0 N–H and O–H groups in total. The Labute approximate surface area is 105 Å². The molecule has 3 heteroatoms. The van der Waals surface area contributed by atoms with Crippen LogP contribution >= 0.6 is 0 Å². The lowest BCUT2D eigenvalue weighted by atomic mass is 10.0. The maximum absolute atomic E-state index is 12.2. The summed E-state index contributed by atoms with van der Waals surface area (Å²) >= 11 is 0. The number of likely N-dealkylation sites (tertiary alicyclic amines) is 1. The van der Waals surface area contributed by atoms with Gasteiger partial charge < -0.3 is 9.64 Å². The molecule has 0 aromatic carbocycles. The van der Waals surface area contributed by atoms with Gasteiger partial charge in [0.05, 0.1) is 12.2 Å². The smallest absolute Gasteiger partial charge is 0.225 e. The molecule has 1 saturated heterocycles. The van der Waals surface area contributed by atoms with Crippen LogP contribution in [0.1, 0.15) is 52.4 Å². The van der Waals surface area contributed by atoms with Crippen molar-refractivity contribution in [2.75, 3.05) is 13.1 Å². The Morgan fingerprint density at radius 2 is 1.71 bits per heavy atom. The monoisotopic (exact) mass is 239 g/mol. The van der Waals surface area contributed by atoms with Crippen LogP contribution in [0.3, 0.4) is 0 Å². The first-order chi connectivity index (χ1) is 8.16. The fourth-order valence-electron chi connectivity index (χ4n) is 3.03. The molecule has 98 valence electrons. The van der Waals surface area contributed by atoms with Gasteiger partial charge in [-0.2, -0.15) is 0 Å². The molecule has 0 aromatic rings. The molecule has 3 nitrogen and oxygen atoms in total. The Kier molecular flexibility index (Phi) is 4.43. The van der Waals surface area contributed by atoms with E-state index in [1.807, 2.05) is 0 Å². The Hall–Kier alpha value is -0.570. The van der Waals surface area contributed by atoms with Crippen LogP contribution in [0.4, 0.5) is 0 Å². The normalized spacial score (nSPS) is 23.6. The van der Waals surface area contributed by atoms with Crippen molar-refractivity contribution in [1.29, 1.82) is 0 Å². The predicted octanol–water partition coefficient (Wildman–Crippen LogP) is 2.59. The van der Waals surface area contributed by atoms with Crippen molar-refractivity contribution < 1.29 is 9.53 Å². The van der Waals surface area contributed by atoms with E-state index in [1.54, 1.807) is 0 Å². The number of ether oxygens (including phenoxy) is 1. The highest BCUT2D eigenvalue weighted by molar-refractivity contribution is 5.79. The third-order valence-electron chi connectivity index (χ3n) is 3.92. The van der Waals surface area contributed by atoms with E-state index >= 15 is 0 Å². The van der Waals surface area contributed by atoms with E-state index in [0.717, 1.165) is 38.8 Å². The number of hydrogen-bond donors (Lipinski definition) is 0. The van der Waals surface area contributed by atoms with Gasteiger partial charge in [-0.3, -0.25) is 4.79 Å².